The molecule has 0 bridgehead atoms. The van der Waals surface area contributed by atoms with Crippen LogP contribution in [0.3, 0.4) is 0 Å². The summed E-state index contributed by atoms with van der Waals surface area (Å²) in [5.41, 5.74) is 7.38. The second-order valence-electron chi connectivity index (χ2n) is 2.74. The molecule has 3 heteroatoms. The van der Waals surface area contributed by atoms with Crippen LogP contribution < -0.4 is 15.4 Å². The Hall–Kier alpha value is -1.64. The molecular weight excluding hydrogens is 152 g/mol. The highest BCUT2D eigenvalue weighted by Crippen LogP contribution is 2.32. The van der Waals surface area contributed by atoms with Gasteiger partial charge in [0.1, 0.15) is 12.0 Å². The molecule has 1 heterocycles. The van der Waals surface area contributed by atoms with Crippen LogP contribution in [0.1, 0.15) is 0 Å². The Morgan fingerprint density at radius 2 is 2.25 bits per heavy atom. The summed E-state index contributed by atoms with van der Waals surface area (Å²) in [7, 11) is 1.96. The van der Waals surface area contributed by atoms with Crippen LogP contribution in [0, 0.1) is 0 Å². The quantitative estimate of drug-likeness (QED) is 0.588. The molecule has 2 rings (SSSR count). The zero-order valence-corrected chi connectivity index (χ0v) is 6.82. The fourth-order valence-corrected chi connectivity index (χ4v) is 1.19. The zero-order valence-electron chi connectivity index (χ0n) is 6.82. The van der Waals surface area contributed by atoms with Gasteiger partial charge in [-0.2, -0.15) is 0 Å². The summed E-state index contributed by atoms with van der Waals surface area (Å²) >= 11 is 0. The number of nitrogens with two attached hydrogens (primary N) is 1. The van der Waals surface area contributed by atoms with Gasteiger partial charge in [-0.3, -0.25) is 0 Å². The Morgan fingerprint density at radius 1 is 1.42 bits per heavy atom. The van der Waals surface area contributed by atoms with Crippen LogP contribution >= 0.6 is 0 Å². The topological polar surface area (TPSA) is 38.5 Å². The van der Waals surface area contributed by atoms with Crippen molar-refractivity contribution in [3.05, 3.63) is 30.7 Å². The van der Waals surface area contributed by atoms with Gasteiger partial charge in [-0.25, -0.2) is 0 Å². The number of benzene rings is 1. The molecule has 0 spiro atoms. The predicted octanol–water partition coefficient (Wildman–Crippen LogP) is 1.57. The van der Waals surface area contributed by atoms with Crippen LogP contribution in [-0.2, 0) is 0 Å². The molecule has 1 aromatic rings. The molecule has 0 saturated heterocycles. The average molecular weight is 162 g/mol. The minimum Gasteiger partial charge on any atom is -0.461 e. The number of nitrogens with zero attached hydrogens (tertiary/aromatic N) is 1. The van der Waals surface area contributed by atoms with E-state index in [9.17, 15) is 0 Å². The second-order valence-corrected chi connectivity index (χ2v) is 2.74. The predicted molar refractivity (Wildman–Crippen MR) is 49.0 cm³/mol. The van der Waals surface area contributed by atoms with Gasteiger partial charge in [-0.05, 0) is 18.2 Å². The summed E-state index contributed by atoms with van der Waals surface area (Å²) < 4.78 is 5.27. The number of hydrogen-bond donors (Lipinski definition) is 1. The standard InChI is InChI=1S/C9H10N2O/c1-11-4-5-12-9-3-2-7(10)6-8(9)11/h2-6H,10H2,1H3. The van der Waals surface area contributed by atoms with Crippen LogP contribution in [0.2, 0.25) is 0 Å². The molecule has 0 atom stereocenters. The maximum atomic E-state index is 5.64. The minimum absolute atomic E-state index is 0.750. The van der Waals surface area contributed by atoms with E-state index in [0.29, 0.717) is 0 Å². The van der Waals surface area contributed by atoms with Crippen LogP contribution in [0.15, 0.2) is 30.7 Å². The maximum absolute atomic E-state index is 5.64. The normalized spacial score (nSPS) is 13.9. The first kappa shape index (κ1) is 7.03. The van der Waals surface area contributed by atoms with Crippen molar-refractivity contribution in [3.63, 3.8) is 0 Å². The molecule has 0 unspecified atom stereocenters. The van der Waals surface area contributed by atoms with Gasteiger partial charge in [0.25, 0.3) is 0 Å². The number of rotatable bonds is 0. The van der Waals surface area contributed by atoms with E-state index < -0.39 is 0 Å². The smallest absolute Gasteiger partial charge is 0.150 e. The van der Waals surface area contributed by atoms with Crippen LogP contribution in [0.4, 0.5) is 11.4 Å². The van der Waals surface area contributed by atoms with Crippen molar-refractivity contribution in [1.29, 1.82) is 0 Å². The fourth-order valence-electron chi connectivity index (χ4n) is 1.19. The number of hydrogen-bond acceptors (Lipinski definition) is 3. The zero-order chi connectivity index (χ0) is 8.55. The van der Waals surface area contributed by atoms with Gasteiger partial charge in [-0.15, -0.1) is 0 Å². The van der Waals surface area contributed by atoms with Crippen molar-refractivity contribution in [2.24, 2.45) is 0 Å². The average Bonchev–Trinajstić information content (AvgIpc) is 2.07. The summed E-state index contributed by atoms with van der Waals surface area (Å²) in [6, 6.07) is 5.58. The van der Waals surface area contributed by atoms with Crippen molar-refractivity contribution in [2.75, 3.05) is 17.7 Å². The lowest BCUT2D eigenvalue weighted by Crippen LogP contribution is -2.13. The molecule has 0 saturated carbocycles. The molecule has 12 heavy (non-hydrogen) atoms. The van der Waals surface area contributed by atoms with E-state index in [1.807, 2.05) is 36.3 Å². The highest BCUT2D eigenvalue weighted by atomic mass is 16.5. The summed E-state index contributed by atoms with van der Waals surface area (Å²) in [5, 5.41) is 0. The number of nitrogen functional groups attached to an aromatic ring is 1. The lowest BCUT2D eigenvalue weighted by atomic mass is 10.2. The van der Waals surface area contributed by atoms with Crippen LogP contribution in [-0.4, -0.2) is 7.05 Å². The Labute approximate surface area is 71.0 Å². The lowest BCUT2D eigenvalue weighted by Gasteiger charge is -2.21. The Morgan fingerprint density at radius 3 is 3.08 bits per heavy atom. The van der Waals surface area contributed by atoms with Gasteiger partial charge >= 0.3 is 0 Å². The van der Waals surface area contributed by atoms with E-state index in [2.05, 4.69) is 0 Å². The molecule has 0 radical (unpaired) electrons. The van der Waals surface area contributed by atoms with E-state index in [1.165, 1.54) is 0 Å². The van der Waals surface area contributed by atoms with Gasteiger partial charge in [0.05, 0.1) is 5.69 Å². The highest BCUT2D eigenvalue weighted by molar-refractivity contribution is 5.67. The number of ether oxygens (including phenoxy) is 1. The lowest BCUT2D eigenvalue weighted by molar-refractivity contribution is 0.471. The van der Waals surface area contributed by atoms with E-state index in [4.69, 9.17) is 10.5 Å². The summed E-state index contributed by atoms with van der Waals surface area (Å²) in [6.45, 7) is 0. The first-order valence-electron chi connectivity index (χ1n) is 3.73. The van der Waals surface area contributed by atoms with Crippen molar-refractivity contribution in [1.82, 2.24) is 0 Å². The third kappa shape index (κ3) is 0.993. The van der Waals surface area contributed by atoms with Crippen LogP contribution in [0.5, 0.6) is 5.75 Å². The summed E-state index contributed by atoms with van der Waals surface area (Å²) in [4.78, 5) is 1.97. The van der Waals surface area contributed by atoms with Crippen molar-refractivity contribution in [2.45, 2.75) is 0 Å². The highest BCUT2D eigenvalue weighted by Gasteiger charge is 2.09. The third-order valence-corrected chi connectivity index (χ3v) is 1.84. The summed E-state index contributed by atoms with van der Waals surface area (Å²) in [5.74, 6) is 0.842. The molecule has 1 aliphatic rings. The minimum atomic E-state index is 0.750. The monoisotopic (exact) mass is 162 g/mol. The third-order valence-electron chi connectivity index (χ3n) is 1.84. The van der Waals surface area contributed by atoms with Crippen molar-refractivity contribution in [3.8, 4) is 5.75 Å². The molecule has 0 fully saturated rings. The van der Waals surface area contributed by atoms with Crippen molar-refractivity contribution >= 4 is 11.4 Å². The van der Waals surface area contributed by atoms with Gasteiger partial charge < -0.3 is 15.4 Å². The van der Waals surface area contributed by atoms with E-state index in [-0.39, 0.29) is 0 Å². The molecule has 1 aromatic carbocycles. The Balaban J connectivity index is 2.52. The molecule has 3 nitrogen and oxygen atoms in total. The van der Waals surface area contributed by atoms with Gasteiger partial charge in [-0.1, -0.05) is 0 Å². The number of anilines is 2. The maximum Gasteiger partial charge on any atom is 0.150 e. The van der Waals surface area contributed by atoms with E-state index in [0.717, 1.165) is 17.1 Å². The Bertz CT molecular complexity index is 333. The molecule has 0 aromatic heterocycles. The second kappa shape index (κ2) is 2.44. The number of fused-ring (bicyclic) bond motifs is 1. The summed E-state index contributed by atoms with van der Waals surface area (Å²) in [6.07, 6.45) is 3.50. The molecule has 2 N–H and O–H groups in total. The molecule has 0 amide bonds. The van der Waals surface area contributed by atoms with E-state index >= 15 is 0 Å². The molecule has 1 aliphatic heterocycles. The first-order chi connectivity index (χ1) is 5.77. The van der Waals surface area contributed by atoms with Gasteiger partial charge in [0.15, 0.2) is 0 Å². The molecule has 0 aliphatic carbocycles. The largest absolute Gasteiger partial charge is 0.461 e. The van der Waals surface area contributed by atoms with Gasteiger partial charge in [0.2, 0.25) is 0 Å². The first-order valence-corrected chi connectivity index (χ1v) is 3.73. The molecule has 62 valence electrons. The Kier molecular flexibility index (Phi) is 1.43. The molecular formula is C9H10N2O. The van der Waals surface area contributed by atoms with Crippen molar-refractivity contribution < 1.29 is 4.74 Å². The van der Waals surface area contributed by atoms with E-state index in [1.54, 1.807) is 6.26 Å². The fraction of sp³-hybridized carbons (Fsp3) is 0.111. The van der Waals surface area contributed by atoms with Gasteiger partial charge in [0, 0.05) is 18.9 Å². The SMILES string of the molecule is CN1C=COc2ccc(N)cc21. The van der Waals surface area contributed by atoms with Crippen LogP contribution in [0.25, 0.3) is 0 Å².